The van der Waals surface area contributed by atoms with Gasteiger partial charge in [0.25, 0.3) is 10.1 Å². The Kier molecular flexibility index (Phi) is 12.3. The highest BCUT2D eigenvalue weighted by atomic mass is 32.3. The highest BCUT2D eigenvalue weighted by molar-refractivity contribution is 8.33. The molecule has 5 rings (SSSR count). The van der Waals surface area contributed by atoms with E-state index in [1.54, 1.807) is 24.3 Å². The van der Waals surface area contributed by atoms with Gasteiger partial charge in [-0.2, -0.15) is 8.42 Å². The maximum Gasteiger partial charge on any atom is 0.278 e. The molecule has 12 heteroatoms. The van der Waals surface area contributed by atoms with Crippen LogP contribution in [0.1, 0.15) is 74.7 Å². The molecule has 0 heterocycles. The quantitative estimate of drug-likeness (QED) is 0.117. The first-order valence-corrected chi connectivity index (χ1v) is 21.5. The Bertz CT molecular complexity index is 1700. The molecule has 0 spiro atoms. The molecule has 2 aliphatic rings. The number of hydrogen-bond acceptors (Lipinski definition) is 10. The lowest BCUT2D eigenvalue weighted by atomic mass is 9.70. The lowest BCUT2D eigenvalue weighted by Gasteiger charge is -2.43. The van der Waals surface area contributed by atoms with Crippen molar-refractivity contribution in [3.05, 3.63) is 54.6 Å². The first kappa shape index (κ1) is 39.6. The van der Waals surface area contributed by atoms with Crippen molar-refractivity contribution < 1.29 is 45.3 Å². The van der Waals surface area contributed by atoms with E-state index < -0.39 is 37.0 Å². The number of hydrogen-bond donors (Lipinski definition) is 0. The van der Waals surface area contributed by atoms with E-state index in [1.807, 2.05) is 85.7 Å². The zero-order chi connectivity index (χ0) is 37.7. The molecular weight excluding hydrogens is 705 g/mol. The smallest absolute Gasteiger partial charge is 0.278 e. The summed E-state index contributed by atoms with van der Waals surface area (Å²) in [5, 5.41) is 0. The number of carbonyl (C=O) groups is 1. The van der Waals surface area contributed by atoms with Crippen LogP contribution in [0.5, 0.6) is 34.5 Å². The fourth-order valence-corrected chi connectivity index (χ4v) is 14.3. The van der Waals surface area contributed by atoms with Gasteiger partial charge in [0.05, 0.1) is 50.8 Å². The van der Waals surface area contributed by atoms with Gasteiger partial charge >= 0.3 is 0 Å². The highest BCUT2D eigenvalue weighted by Gasteiger charge is 2.66. The minimum Gasteiger partial charge on any atom is -0.494 e. The van der Waals surface area contributed by atoms with E-state index in [0.717, 1.165) is 6.42 Å². The molecule has 2 bridgehead atoms. The summed E-state index contributed by atoms with van der Waals surface area (Å²) in [6, 6.07) is 16.2. The topological polar surface area (TPSA) is 116 Å². The van der Waals surface area contributed by atoms with Gasteiger partial charge in [-0.25, -0.2) is 3.63 Å². The molecule has 2 aliphatic carbocycles. The number of rotatable bonds is 19. The van der Waals surface area contributed by atoms with Crippen molar-refractivity contribution in [1.29, 1.82) is 0 Å². The van der Waals surface area contributed by atoms with Crippen LogP contribution in [0.2, 0.25) is 0 Å². The van der Waals surface area contributed by atoms with Crippen LogP contribution in [-0.4, -0.2) is 59.6 Å². The Labute approximate surface area is 311 Å². The van der Waals surface area contributed by atoms with Crippen LogP contribution in [0.25, 0.3) is 0 Å². The molecule has 10 nitrogen and oxygen atoms in total. The molecule has 52 heavy (non-hydrogen) atoms. The molecule has 2 saturated carbocycles. The first-order chi connectivity index (χ1) is 24.9. The number of fused-ring (bicyclic) bond motifs is 2. The van der Waals surface area contributed by atoms with Crippen molar-refractivity contribution in [2.24, 2.45) is 16.7 Å². The maximum absolute atomic E-state index is 15.2. The Morgan fingerprint density at radius 3 is 1.42 bits per heavy atom. The van der Waals surface area contributed by atoms with E-state index in [-0.39, 0.29) is 38.1 Å². The molecule has 3 aromatic carbocycles. The lowest BCUT2D eigenvalue weighted by molar-refractivity contribution is -0.128. The third kappa shape index (κ3) is 7.18. The molecule has 286 valence electrons. The molecular formula is C40H54O10S2. The van der Waals surface area contributed by atoms with Crippen LogP contribution in [0.4, 0.5) is 0 Å². The van der Waals surface area contributed by atoms with Crippen molar-refractivity contribution in [3.8, 4) is 34.5 Å². The normalized spacial score (nSPS) is 19.7. The van der Waals surface area contributed by atoms with Crippen molar-refractivity contribution in [1.82, 2.24) is 0 Å². The van der Waals surface area contributed by atoms with Gasteiger partial charge in [0.15, 0.2) is 0 Å². The average molecular weight is 759 g/mol. The molecule has 0 aliphatic heterocycles. The summed E-state index contributed by atoms with van der Waals surface area (Å²) < 4.78 is 74.9. The summed E-state index contributed by atoms with van der Waals surface area (Å²) in [4.78, 5) is 15.0. The molecule has 0 radical (unpaired) electrons. The highest BCUT2D eigenvalue weighted by Crippen LogP contribution is 2.78. The van der Waals surface area contributed by atoms with E-state index in [9.17, 15) is 4.79 Å². The summed E-state index contributed by atoms with van der Waals surface area (Å²) in [5.74, 6) is 1.86. The van der Waals surface area contributed by atoms with Gasteiger partial charge in [0.1, 0.15) is 50.1 Å². The van der Waals surface area contributed by atoms with Gasteiger partial charge in [-0.1, -0.05) is 32.0 Å². The Morgan fingerprint density at radius 2 is 1.08 bits per heavy atom. The fourth-order valence-electron chi connectivity index (χ4n) is 7.87. The number of Topliss-reactive ketones (excluding diaryl/α,β-unsaturated/α-hetero) is 1. The lowest BCUT2D eigenvalue weighted by Crippen LogP contribution is -2.42. The van der Waals surface area contributed by atoms with E-state index in [2.05, 4.69) is 0 Å². The monoisotopic (exact) mass is 758 g/mol. The second-order valence-electron chi connectivity index (χ2n) is 13.4. The fraction of sp³-hybridized carbons (Fsp3) is 0.525. The minimum absolute atomic E-state index is 0.0293. The van der Waals surface area contributed by atoms with Crippen LogP contribution < -0.4 is 28.4 Å². The van der Waals surface area contributed by atoms with Crippen LogP contribution in [0.3, 0.4) is 0 Å². The third-order valence-corrected chi connectivity index (χ3v) is 15.6. The SMILES string of the molecule is CCOc1cc(OCC)c(S(OS(=O)(=O)CC23CCC(CC2=O)C3(C)C)(c2ccccc2)c2c(OCC)cc(OCC)cc2OCC)c(OCC)c1. The Hall–Kier alpha value is -3.61. The molecule has 2 atom stereocenters. The summed E-state index contributed by atoms with van der Waals surface area (Å²) in [6.07, 6.45) is 1.63. The van der Waals surface area contributed by atoms with Crippen LogP contribution >= 0.6 is 10.3 Å². The van der Waals surface area contributed by atoms with E-state index in [0.29, 0.717) is 75.2 Å². The van der Waals surface area contributed by atoms with Gasteiger partial charge in [0, 0.05) is 35.6 Å². The van der Waals surface area contributed by atoms with Gasteiger partial charge in [-0.05, 0) is 88.2 Å². The molecule has 2 unspecified atom stereocenters. The molecule has 0 aromatic heterocycles. The Morgan fingerprint density at radius 1 is 0.654 bits per heavy atom. The summed E-state index contributed by atoms with van der Waals surface area (Å²) >= 11 is 0. The van der Waals surface area contributed by atoms with Crippen LogP contribution in [0.15, 0.2) is 69.3 Å². The van der Waals surface area contributed by atoms with Gasteiger partial charge < -0.3 is 28.4 Å². The van der Waals surface area contributed by atoms with E-state index >= 15 is 8.42 Å². The zero-order valence-electron chi connectivity index (χ0n) is 31.7. The Balaban J connectivity index is 1.96. The van der Waals surface area contributed by atoms with Gasteiger partial charge in [-0.3, -0.25) is 4.79 Å². The van der Waals surface area contributed by atoms with Gasteiger partial charge in [0.2, 0.25) is 0 Å². The number of carbonyl (C=O) groups excluding carboxylic acids is 1. The van der Waals surface area contributed by atoms with Crippen molar-refractivity contribution in [3.63, 3.8) is 0 Å². The second-order valence-corrected chi connectivity index (χ2v) is 17.8. The van der Waals surface area contributed by atoms with Crippen molar-refractivity contribution >= 4 is 26.2 Å². The van der Waals surface area contributed by atoms with E-state index in [1.165, 1.54) is 0 Å². The zero-order valence-corrected chi connectivity index (χ0v) is 33.4. The number of benzene rings is 3. The van der Waals surface area contributed by atoms with Gasteiger partial charge in [-0.15, -0.1) is 0 Å². The van der Waals surface area contributed by atoms with E-state index in [4.69, 9.17) is 32.1 Å². The summed E-state index contributed by atoms with van der Waals surface area (Å²) in [6.45, 7) is 17.0. The first-order valence-electron chi connectivity index (χ1n) is 18.4. The van der Waals surface area contributed by atoms with Crippen molar-refractivity contribution in [2.75, 3.05) is 45.4 Å². The summed E-state index contributed by atoms with van der Waals surface area (Å²) in [5.41, 5.74) is -1.61. The van der Waals surface area contributed by atoms with Crippen LogP contribution in [-0.2, 0) is 18.5 Å². The summed E-state index contributed by atoms with van der Waals surface area (Å²) in [7, 11) is -8.04. The minimum atomic E-state index is -4.55. The molecule has 3 aromatic rings. The number of ether oxygens (including phenoxy) is 6. The predicted octanol–water partition coefficient (Wildman–Crippen LogP) is 9.02. The molecule has 0 saturated heterocycles. The predicted molar refractivity (Wildman–Crippen MR) is 202 cm³/mol. The van der Waals surface area contributed by atoms with Crippen molar-refractivity contribution in [2.45, 2.75) is 89.3 Å². The molecule has 0 amide bonds. The standard InChI is InChI=1S/C40H54O10S2/c1-9-44-29-23-32(46-11-3)37(33(24-29)47-12-4)52(31-18-16-15-17-19-31,38-34(48-13-5)25-30(45-10-2)26-35(38)49-14-6)50-51(42,43)27-40-21-20-28(22-36(40)41)39(40,7)8/h15-19,23-26,28H,9-14,20-22,27H2,1-8H3. The third-order valence-electron chi connectivity index (χ3n) is 10.2. The molecule has 0 N–H and O–H groups in total. The second kappa shape index (κ2) is 16.2. The molecule has 2 fully saturated rings. The largest absolute Gasteiger partial charge is 0.494 e. The average Bonchev–Trinajstić information content (AvgIpc) is 3.43. The maximum atomic E-state index is 15.2. The van der Waals surface area contributed by atoms with Crippen LogP contribution in [0, 0.1) is 16.7 Å². The number of ketones is 1.